The Hall–Kier alpha value is -1.37. The van der Waals surface area contributed by atoms with Gasteiger partial charge in [-0.2, -0.15) is 5.10 Å². The van der Waals surface area contributed by atoms with Crippen LogP contribution >= 0.6 is 11.6 Å². The first-order valence-corrected chi connectivity index (χ1v) is 8.44. The number of hydrogen-bond acceptors (Lipinski definition) is 3. The second kappa shape index (κ2) is 6.17. The summed E-state index contributed by atoms with van der Waals surface area (Å²) in [7, 11) is -3.60. The molecule has 0 bridgehead atoms. The minimum atomic E-state index is -3.60. The molecule has 0 spiro atoms. The number of aryl methyl sites for hydroxylation is 2. The summed E-state index contributed by atoms with van der Waals surface area (Å²) in [6.45, 7) is 5.16. The van der Waals surface area contributed by atoms with Crippen molar-refractivity contribution >= 4 is 21.6 Å². The number of aromatic amines is 1. The highest BCUT2D eigenvalue weighted by Crippen LogP contribution is 2.19. The van der Waals surface area contributed by atoms with E-state index in [-0.39, 0.29) is 10.9 Å². The summed E-state index contributed by atoms with van der Waals surface area (Å²) in [6.07, 6.45) is 0.523. The summed E-state index contributed by atoms with van der Waals surface area (Å²) in [5, 5.41) is 7.25. The first-order valence-electron chi connectivity index (χ1n) is 6.58. The number of sulfonamides is 1. The normalized spacial score (nSPS) is 13.3. The van der Waals surface area contributed by atoms with Crippen LogP contribution in [0.15, 0.2) is 29.2 Å². The van der Waals surface area contributed by atoms with Crippen LogP contribution in [0.3, 0.4) is 0 Å². The first-order chi connectivity index (χ1) is 9.81. The fourth-order valence-corrected chi connectivity index (χ4v) is 4.12. The van der Waals surface area contributed by atoms with Gasteiger partial charge < -0.3 is 0 Å². The lowest BCUT2D eigenvalue weighted by Gasteiger charge is -2.15. The highest BCUT2D eigenvalue weighted by molar-refractivity contribution is 7.89. The van der Waals surface area contributed by atoms with Crippen LogP contribution in [0, 0.1) is 13.8 Å². The van der Waals surface area contributed by atoms with E-state index in [1.807, 2.05) is 25.1 Å². The molecule has 21 heavy (non-hydrogen) atoms. The van der Waals surface area contributed by atoms with Crippen LogP contribution in [0.25, 0.3) is 0 Å². The van der Waals surface area contributed by atoms with Gasteiger partial charge in [-0.1, -0.05) is 29.8 Å². The molecule has 0 aliphatic heterocycles. The third kappa shape index (κ3) is 3.64. The van der Waals surface area contributed by atoms with Crippen molar-refractivity contribution in [1.82, 2.24) is 14.9 Å². The number of halogens is 1. The average Bonchev–Trinajstić information content (AvgIpc) is 2.71. The predicted molar refractivity (Wildman–Crippen MR) is 83.0 cm³/mol. The zero-order valence-corrected chi connectivity index (χ0v) is 13.7. The standard InChI is InChI=1S/C14H18ClN3O2S/c1-9(8-12-6-4-5-7-13(12)15)18-21(19,20)14-10(2)16-17-11(14)3/h4-7,9,18H,8H2,1-3H3,(H,16,17). The van der Waals surface area contributed by atoms with E-state index in [9.17, 15) is 8.42 Å². The van der Waals surface area contributed by atoms with E-state index >= 15 is 0 Å². The number of nitrogens with zero attached hydrogens (tertiary/aromatic N) is 1. The van der Waals surface area contributed by atoms with Gasteiger partial charge in [0.2, 0.25) is 10.0 Å². The Labute approximate surface area is 129 Å². The molecule has 1 aromatic carbocycles. The van der Waals surface area contributed by atoms with Crippen molar-refractivity contribution in [2.45, 2.75) is 38.1 Å². The highest BCUT2D eigenvalue weighted by atomic mass is 35.5. The molecule has 0 saturated heterocycles. The minimum absolute atomic E-state index is 0.216. The summed E-state index contributed by atoms with van der Waals surface area (Å²) in [5.74, 6) is 0. The SMILES string of the molecule is Cc1n[nH]c(C)c1S(=O)(=O)NC(C)Cc1ccccc1Cl. The maximum Gasteiger partial charge on any atom is 0.244 e. The van der Waals surface area contributed by atoms with Gasteiger partial charge in [0, 0.05) is 11.1 Å². The zero-order chi connectivity index (χ0) is 15.6. The minimum Gasteiger partial charge on any atom is -0.281 e. The van der Waals surface area contributed by atoms with Crippen LogP contribution in [0.4, 0.5) is 0 Å². The molecule has 2 N–H and O–H groups in total. The Morgan fingerprint density at radius 1 is 1.33 bits per heavy atom. The molecule has 1 aromatic heterocycles. The van der Waals surface area contributed by atoms with Crippen LogP contribution in [0.5, 0.6) is 0 Å². The fourth-order valence-electron chi connectivity index (χ4n) is 2.30. The van der Waals surface area contributed by atoms with E-state index in [1.165, 1.54) is 0 Å². The zero-order valence-electron chi connectivity index (χ0n) is 12.1. The summed E-state index contributed by atoms with van der Waals surface area (Å²) < 4.78 is 27.5. The largest absolute Gasteiger partial charge is 0.281 e. The third-order valence-electron chi connectivity index (χ3n) is 3.17. The molecule has 114 valence electrons. The van der Waals surface area contributed by atoms with Crippen molar-refractivity contribution in [3.8, 4) is 0 Å². The van der Waals surface area contributed by atoms with Crippen LogP contribution in [0.1, 0.15) is 23.9 Å². The quantitative estimate of drug-likeness (QED) is 0.886. The van der Waals surface area contributed by atoms with Gasteiger partial charge >= 0.3 is 0 Å². The molecule has 1 unspecified atom stereocenters. The van der Waals surface area contributed by atoms with Crippen molar-refractivity contribution < 1.29 is 8.42 Å². The molecular formula is C14H18ClN3O2S. The second-order valence-corrected chi connectivity index (χ2v) is 7.14. The van der Waals surface area contributed by atoms with E-state index < -0.39 is 10.0 Å². The van der Waals surface area contributed by atoms with Gasteiger partial charge in [0.15, 0.2) is 0 Å². The summed E-state index contributed by atoms with van der Waals surface area (Å²) in [4.78, 5) is 0.216. The Balaban J connectivity index is 2.16. The Morgan fingerprint density at radius 2 is 2.00 bits per heavy atom. The number of rotatable bonds is 5. The number of nitrogens with one attached hydrogen (secondary N) is 2. The van der Waals surface area contributed by atoms with E-state index in [0.29, 0.717) is 22.8 Å². The molecular weight excluding hydrogens is 310 g/mol. The molecule has 0 aliphatic rings. The first kappa shape index (κ1) is 16.0. The van der Waals surface area contributed by atoms with Gasteiger partial charge in [0.1, 0.15) is 4.90 Å². The molecule has 0 fully saturated rings. The topological polar surface area (TPSA) is 74.8 Å². The van der Waals surface area contributed by atoms with Gasteiger partial charge in [-0.05, 0) is 38.8 Å². The molecule has 0 amide bonds. The molecule has 2 aromatic rings. The molecule has 2 rings (SSSR count). The van der Waals surface area contributed by atoms with Crippen LogP contribution < -0.4 is 4.72 Å². The fraction of sp³-hybridized carbons (Fsp3) is 0.357. The highest BCUT2D eigenvalue weighted by Gasteiger charge is 2.24. The Bertz CT molecular complexity index is 721. The summed E-state index contributed by atoms with van der Waals surface area (Å²) in [6, 6.07) is 7.14. The molecule has 0 aliphatic carbocycles. The molecule has 1 heterocycles. The van der Waals surface area contributed by atoms with Crippen molar-refractivity contribution in [1.29, 1.82) is 0 Å². The van der Waals surface area contributed by atoms with Gasteiger partial charge in [-0.3, -0.25) is 5.10 Å². The van der Waals surface area contributed by atoms with Crippen LogP contribution in [-0.4, -0.2) is 24.7 Å². The van der Waals surface area contributed by atoms with Gasteiger partial charge in [0.25, 0.3) is 0 Å². The molecule has 7 heteroatoms. The lowest BCUT2D eigenvalue weighted by molar-refractivity contribution is 0.558. The van der Waals surface area contributed by atoms with Gasteiger partial charge in [-0.15, -0.1) is 0 Å². The van der Waals surface area contributed by atoms with Crippen molar-refractivity contribution in [2.24, 2.45) is 0 Å². The predicted octanol–water partition coefficient (Wildman–Crippen LogP) is 2.59. The van der Waals surface area contributed by atoms with E-state index in [4.69, 9.17) is 11.6 Å². The van der Waals surface area contributed by atoms with Crippen LogP contribution in [0.2, 0.25) is 5.02 Å². The maximum absolute atomic E-state index is 12.4. The van der Waals surface area contributed by atoms with E-state index in [0.717, 1.165) is 5.56 Å². The molecule has 1 atom stereocenters. The van der Waals surface area contributed by atoms with Crippen molar-refractivity contribution in [3.05, 3.63) is 46.2 Å². The monoisotopic (exact) mass is 327 g/mol. The Kier molecular flexibility index (Phi) is 4.70. The Morgan fingerprint density at radius 3 is 2.57 bits per heavy atom. The average molecular weight is 328 g/mol. The van der Waals surface area contributed by atoms with Gasteiger partial charge in [0.05, 0.1) is 11.4 Å². The second-order valence-electron chi connectivity index (χ2n) is 5.08. The molecule has 5 nitrogen and oxygen atoms in total. The van der Waals surface area contributed by atoms with E-state index in [1.54, 1.807) is 19.9 Å². The lowest BCUT2D eigenvalue weighted by Crippen LogP contribution is -2.34. The molecule has 0 radical (unpaired) electrons. The number of aromatic nitrogens is 2. The number of H-pyrrole nitrogens is 1. The van der Waals surface area contributed by atoms with Crippen molar-refractivity contribution in [2.75, 3.05) is 0 Å². The number of hydrogen-bond donors (Lipinski definition) is 2. The van der Waals surface area contributed by atoms with Crippen molar-refractivity contribution in [3.63, 3.8) is 0 Å². The number of benzene rings is 1. The lowest BCUT2D eigenvalue weighted by atomic mass is 10.1. The summed E-state index contributed by atoms with van der Waals surface area (Å²) >= 11 is 6.10. The molecule has 0 saturated carbocycles. The summed E-state index contributed by atoms with van der Waals surface area (Å²) in [5.41, 5.74) is 1.91. The maximum atomic E-state index is 12.4. The van der Waals surface area contributed by atoms with E-state index in [2.05, 4.69) is 14.9 Å². The third-order valence-corrected chi connectivity index (χ3v) is 5.39. The smallest absolute Gasteiger partial charge is 0.244 e. The van der Waals surface area contributed by atoms with Gasteiger partial charge in [-0.25, -0.2) is 13.1 Å². The van der Waals surface area contributed by atoms with Crippen LogP contribution in [-0.2, 0) is 16.4 Å².